The maximum Gasteiger partial charge on any atom is 0.416 e. The van der Waals surface area contributed by atoms with Crippen LogP contribution in [0.25, 0.3) is 0 Å². The number of para-hydroxylation sites is 1. The van der Waals surface area contributed by atoms with Crippen LogP contribution in [0.15, 0.2) is 72.8 Å². The van der Waals surface area contributed by atoms with Gasteiger partial charge in [0.25, 0.3) is 0 Å². The number of nitrogens with zero attached hydrogens (tertiary/aromatic N) is 1. The van der Waals surface area contributed by atoms with E-state index in [4.69, 9.17) is 4.74 Å². The zero-order valence-electron chi connectivity index (χ0n) is 15.9. The van der Waals surface area contributed by atoms with Gasteiger partial charge in [0.15, 0.2) is 0 Å². The molecule has 0 bridgehead atoms. The van der Waals surface area contributed by atoms with Gasteiger partial charge in [0.1, 0.15) is 11.5 Å². The molecule has 0 saturated heterocycles. The van der Waals surface area contributed by atoms with Gasteiger partial charge in [-0.3, -0.25) is 0 Å². The van der Waals surface area contributed by atoms with E-state index >= 15 is 0 Å². The number of alkyl halides is 3. The highest BCUT2D eigenvalue weighted by Crippen LogP contribution is 2.34. The molecule has 0 atom stereocenters. The first kappa shape index (κ1) is 19.8. The number of benzene rings is 3. The minimum Gasteiger partial charge on any atom is -0.457 e. The second-order valence-corrected chi connectivity index (χ2v) is 6.99. The highest BCUT2D eigenvalue weighted by molar-refractivity contribution is 5.89. The van der Waals surface area contributed by atoms with E-state index in [0.29, 0.717) is 31.0 Å². The van der Waals surface area contributed by atoms with Crippen LogP contribution in [0.2, 0.25) is 0 Å². The zero-order valence-corrected chi connectivity index (χ0v) is 15.9. The van der Waals surface area contributed by atoms with Crippen LogP contribution in [-0.4, -0.2) is 17.5 Å². The number of ether oxygens (including phenoxy) is 1. The summed E-state index contributed by atoms with van der Waals surface area (Å²) in [6, 6.07) is 19.2. The summed E-state index contributed by atoms with van der Waals surface area (Å²) in [5.41, 5.74) is 1.92. The Bertz CT molecular complexity index is 1030. The molecule has 1 aliphatic rings. The number of fused-ring (bicyclic) bond motifs is 1. The lowest BCUT2D eigenvalue weighted by Crippen LogP contribution is -2.38. The first-order valence-electron chi connectivity index (χ1n) is 9.47. The van der Waals surface area contributed by atoms with Crippen LogP contribution < -0.4 is 10.1 Å². The molecule has 7 heteroatoms. The van der Waals surface area contributed by atoms with Gasteiger partial charge in [-0.05, 0) is 54.4 Å². The summed E-state index contributed by atoms with van der Waals surface area (Å²) in [6.07, 6.45) is -3.79. The van der Waals surface area contributed by atoms with Gasteiger partial charge in [-0.25, -0.2) is 4.79 Å². The van der Waals surface area contributed by atoms with Crippen molar-refractivity contribution in [2.75, 3.05) is 11.9 Å². The summed E-state index contributed by atoms with van der Waals surface area (Å²) in [7, 11) is 0. The van der Waals surface area contributed by atoms with E-state index in [2.05, 4.69) is 5.32 Å². The third-order valence-electron chi connectivity index (χ3n) is 4.94. The molecule has 3 aromatic rings. The van der Waals surface area contributed by atoms with Crippen molar-refractivity contribution in [3.63, 3.8) is 0 Å². The first-order valence-corrected chi connectivity index (χ1v) is 9.47. The van der Waals surface area contributed by atoms with E-state index in [-0.39, 0.29) is 6.03 Å². The van der Waals surface area contributed by atoms with E-state index < -0.39 is 11.7 Å². The second-order valence-electron chi connectivity index (χ2n) is 6.99. The fraction of sp³-hybridized carbons (Fsp3) is 0.174. The number of rotatable bonds is 3. The molecule has 0 saturated carbocycles. The van der Waals surface area contributed by atoms with E-state index in [9.17, 15) is 18.0 Å². The van der Waals surface area contributed by atoms with Crippen LogP contribution in [0.3, 0.4) is 0 Å². The fourth-order valence-electron chi connectivity index (χ4n) is 3.41. The Morgan fingerprint density at radius 1 is 0.933 bits per heavy atom. The van der Waals surface area contributed by atoms with Crippen molar-refractivity contribution in [2.24, 2.45) is 0 Å². The Labute approximate surface area is 171 Å². The summed E-state index contributed by atoms with van der Waals surface area (Å²) in [6.45, 7) is 0.942. The van der Waals surface area contributed by atoms with Crippen LogP contribution in [0.5, 0.6) is 11.5 Å². The fourth-order valence-corrected chi connectivity index (χ4v) is 3.41. The number of carbonyl (C=O) groups is 1. The molecule has 4 nitrogen and oxygen atoms in total. The van der Waals surface area contributed by atoms with Crippen LogP contribution in [0, 0.1) is 0 Å². The van der Waals surface area contributed by atoms with Crippen molar-refractivity contribution in [1.29, 1.82) is 0 Å². The molecule has 154 valence electrons. The van der Waals surface area contributed by atoms with Gasteiger partial charge < -0.3 is 15.0 Å². The number of nitrogens with one attached hydrogen (secondary N) is 1. The maximum atomic E-state index is 12.7. The quantitative estimate of drug-likeness (QED) is 0.566. The highest BCUT2D eigenvalue weighted by atomic mass is 19.4. The van der Waals surface area contributed by atoms with Gasteiger partial charge in [0.2, 0.25) is 0 Å². The van der Waals surface area contributed by atoms with Crippen molar-refractivity contribution in [3.8, 4) is 11.5 Å². The van der Waals surface area contributed by atoms with Crippen molar-refractivity contribution in [3.05, 3.63) is 89.5 Å². The molecule has 3 aromatic carbocycles. The van der Waals surface area contributed by atoms with Crippen molar-refractivity contribution in [2.45, 2.75) is 19.1 Å². The van der Waals surface area contributed by atoms with Crippen LogP contribution >= 0.6 is 0 Å². The molecule has 30 heavy (non-hydrogen) atoms. The zero-order chi connectivity index (χ0) is 21.1. The predicted molar refractivity (Wildman–Crippen MR) is 108 cm³/mol. The number of hydrogen-bond acceptors (Lipinski definition) is 2. The predicted octanol–water partition coefficient (Wildman–Crippen LogP) is 6.09. The Morgan fingerprint density at radius 3 is 2.37 bits per heavy atom. The number of halogens is 3. The van der Waals surface area contributed by atoms with Gasteiger partial charge in [-0.15, -0.1) is 0 Å². The third-order valence-corrected chi connectivity index (χ3v) is 4.94. The van der Waals surface area contributed by atoms with Crippen LogP contribution in [0.4, 0.5) is 23.7 Å². The molecular formula is C23H19F3N2O2. The molecule has 0 unspecified atom stereocenters. The number of anilines is 1. The Hall–Kier alpha value is -3.48. The summed E-state index contributed by atoms with van der Waals surface area (Å²) < 4.78 is 44.0. The van der Waals surface area contributed by atoms with Gasteiger partial charge in [-0.1, -0.05) is 30.3 Å². The van der Waals surface area contributed by atoms with Crippen LogP contribution in [0.1, 0.15) is 16.7 Å². The van der Waals surface area contributed by atoms with Crippen molar-refractivity contribution in [1.82, 2.24) is 4.90 Å². The molecular weight excluding hydrogens is 393 g/mol. The van der Waals surface area contributed by atoms with Crippen LogP contribution in [-0.2, 0) is 19.1 Å². The van der Waals surface area contributed by atoms with Gasteiger partial charge in [0.05, 0.1) is 5.56 Å². The molecule has 2 amide bonds. The normalized spacial score (nSPS) is 13.5. The summed E-state index contributed by atoms with van der Waals surface area (Å²) in [4.78, 5) is 14.3. The third kappa shape index (κ3) is 4.40. The molecule has 1 heterocycles. The number of urea groups is 1. The van der Waals surface area contributed by atoms with Gasteiger partial charge in [0, 0.05) is 24.3 Å². The van der Waals surface area contributed by atoms with E-state index in [0.717, 1.165) is 28.9 Å². The lowest BCUT2D eigenvalue weighted by molar-refractivity contribution is -0.137. The second kappa shape index (κ2) is 8.10. The molecule has 0 aliphatic carbocycles. The first-order chi connectivity index (χ1) is 14.4. The lowest BCUT2D eigenvalue weighted by atomic mass is 9.99. The standard InChI is InChI=1S/C23H19F3N2O2/c24-23(25,26)17-9-11-19(12-10-17)30-21-8-4-5-16-15-28(14-13-20(16)21)22(29)27-18-6-2-1-3-7-18/h1-12H,13-15H2,(H,27,29). The minimum atomic E-state index is -4.38. The monoisotopic (exact) mass is 412 g/mol. The number of hydrogen-bond donors (Lipinski definition) is 1. The molecule has 4 rings (SSSR count). The average molecular weight is 412 g/mol. The summed E-state index contributed by atoms with van der Waals surface area (Å²) in [5, 5.41) is 2.88. The highest BCUT2D eigenvalue weighted by Gasteiger charge is 2.30. The largest absolute Gasteiger partial charge is 0.457 e. The maximum absolute atomic E-state index is 12.7. The Morgan fingerprint density at radius 2 is 1.67 bits per heavy atom. The molecule has 0 radical (unpaired) electrons. The van der Waals surface area contributed by atoms with Crippen molar-refractivity contribution >= 4 is 11.7 Å². The van der Waals surface area contributed by atoms with Gasteiger partial charge >= 0.3 is 12.2 Å². The number of amides is 2. The SMILES string of the molecule is O=C(Nc1ccccc1)N1CCc2c(cccc2Oc2ccc(C(F)(F)F)cc2)C1. The molecule has 0 spiro atoms. The van der Waals surface area contributed by atoms with E-state index in [1.165, 1.54) is 12.1 Å². The van der Waals surface area contributed by atoms with Crippen molar-refractivity contribution < 1.29 is 22.7 Å². The van der Waals surface area contributed by atoms with E-state index in [1.54, 1.807) is 11.0 Å². The average Bonchev–Trinajstić information content (AvgIpc) is 2.74. The Kier molecular flexibility index (Phi) is 5.35. The number of carbonyl (C=O) groups excluding carboxylic acids is 1. The van der Waals surface area contributed by atoms with E-state index in [1.807, 2.05) is 42.5 Å². The summed E-state index contributed by atoms with van der Waals surface area (Å²) in [5.74, 6) is 0.927. The topological polar surface area (TPSA) is 41.6 Å². The molecule has 1 N–H and O–H groups in total. The molecule has 0 fully saturated rings. The van der Waals surface area contributed by atoms with Gasteiger partial charge in [-0.2, -0.15) is 13.2 Å². The summed E-state index contributed by atoms with van der Waals surface area (Å²) >= 11 is 0. The molecule has 0 aromatic heterocycles. The lowest BCUT2D eigenvalue weighted by Gasteiger charge is -2.30. The molecule has 1 aliphatic heterocycles. The minimum absolute atomic E-state index is 0.180. The smallest absolute Gasteiger partial charge is 0.416 e. The Balaban J connectivity index is 1.47.